The lowest BCUT2D eigenvalue weighted by Crippen LogP contribution is -2.39. The van der Waals surface area contributed by atoms with Gasteiger partial charge in [0.15, 0.2) is 6.10 Å². The molecule has 2 heterocycles. The molecule has 1 amide bonds. The quantitative estimate of drug-likeness (QED) is 0.403. The second-order valence-corrected chi connectivity index (χ2v) is 8.98. The van der Waals surface area contributed by atoms with Crippen LogP contribution in [0.2, 0.25) is 0 Å². The number of carbonyl (C=O) groups is 2. The molecule has 3 atom stereocenters. The number of hydrogen-bond donors (Lipinski definition) is 2. The van der Waals surface area contributed by atoms with Crippen molar-refractivity contribution in [3.05, 3.63) is 64.4 Å². The van der Waals surface area contributed by atoms with Gasteiger partial charge in [-0.25, -0.2) is 4.79 Å². The maximum absolute atomic E-state index is 13.5. The van der Waals surface area contributed by atoms with Gasteiger partial charge in [-0.15, -0.1) is 12.4 Å². The first kappa shape index (κ1) is 29.0. The largest absolute Gasteiger partial charge is 0.460 e. The number of anilines is 1. The summed E-state index contributed by atoms with van der Waals surface area (Å²) >= 11 is 0. The number of cyclic esters (lactones) is 1. The molecule has 12 heteroatoms. The van der Waals surface area contributed by atoms with E-state index in [2.05, 4.69) is 4.98 Å². The van der Waals surface area contributed by atoms with Crippen LogP contribution in [0.15, 0.2) is 53.3 Å². The monoisotopic (exact) mass is 553 g/mol. The Morgan fingerprint density at radius 3 is 2.61 bits per heavy atom. The van der Waals surface area contributed by atoms with Crippen LogP contribution in [0, 0.1) is 5.92 Å². The molecule has 0 spiro atoms. The van der Waals surface area contributed by atoms with Crippen molar-refractivity contribution in [3.63, 3.8) is 0 Å². The zero-order valence-electron chi connectivity index (χ0n) is 20.6. The molecule has 1 fully saturated rings. The van der Waals surface area contributed by atoms with Crippen LogP contribution in [-0.4, -0.2) is 42.3 Å². The molecule has 1 aliphatic rings. The highest BCUT2D eigenvalue weighted by Crippen LogP contribution is 2.36. The third-order valence-electron chi connectivity index (χ3n) is 6.48. The van der Waals surface area contributed by atoms with Crippen molar-refractivity contribution < 1.29 is 32.2 Å². The van der Waals surface area contributed by atoms with E-state index in [9.17, 15) is 27.6 Å². The molecule has 0 aliphatic carbocycles. The Morgan fingerprint density at radius 1 is 1.21 bits per heavy atom. The van der Waals surface area contributed by atoms with Gasteiger partial charge in [-0.3, -0.25) is 14.5 Å². The van der Waals surface area contributed by atoms with Crippen LogP contribution in [0.4, 0.5) is 23.7 Å². The van der Waals surface area contributed by atoms with Crippen molar-refractivity contribution in [2.45, 2.75) is 38.6 Å². The number of halogens is 4. The zero-order valence-corrected chi connectivity index (χ0v) is 21.4. The number of alkyl halides is 3. The van der Waals surface area contributed by atoms with Crippen molar-refractivity contribution >= 4 is 40.9 Å². The molecule has 1 saturated heterocycles. The minimum Gasteiger partial charge on any atom is -0.460 e. The van der Waals surface area contributed by atoms with E-state index in [0.29, 0.717) is 17.5 Å². The van der Waals surface area contributed by atoms with E-state index in [1.54, 1.807) is 12.1 Å². The van der Waals surface area contributed by atoms with Crippen LogP contribution in [0.1, 0.15) is 25.8 Å². The van der Waals surface area contributed by atoms with E-state index in [4.69, 9.17) is 15.2 Å². The summed E-state index contributed by atoms with van der Waals surface area (Å²) in [5.74, 6) is -0.641. The van der Waals surface area contributed by atoms with Crippen molar-refractivity contribution in [2.24, 2.45) is 11.7 Å². The van der Waals surface area contributed by atoms with Gasteiger partial charge in [0.05, 0.1) is 12.1 Å². The van der Waals surface area contributed by atoms with Crippen LogP contribution in [0.5, 0.6) is 0 Å². The van der Waals surface area contributed by atoms with E-state index < -0.39 is 41.5 Å². The third-order valence-corrected chi connectivity index (χ3v) is 6.48. The number of esters is 1. The third kappa shape index (κ3) is 5.94. The molecule has 8 nitrogen and oxygen atoms in total. The summed E-state index contributed by atoms with van der Waals surface area (Å²) in [5, 5.41) is 0.587. The second-order valence-electron chi connectivity index (χ2n) is 8.98. The standard InChI is InChI=1S/C26H26F3N3O5.ClH/c1-3-14(2)22(30)24(34)36-13-17-12-32(25(35)37-17)16-9-8-15-10-21(31-23(33)19(15)11-16)18-6-4-5-7-20(18)26(27,28)29;/h4-11,14,17,22H,3,12-13,30H2,1-2H3,(H,31,33);1H/t14-,17+,22-;/m0./s1. The summed E-state index contributed by atoms with van der Waals surface area (Å²) in [4.78, 5) is 41.2. The Labute approximate surface area is 222 Å². The van der Waals surface area contributed by atoms with Gasteiger partial charge in [0.1, 0.15) is 12.6 Å². The number of hydrogen-bond acceptors (Lipinski definition) is 6. The number of nitrogens with one attached hydrogen (secondary N) is 1. The number of benzene rings is 2. The van der Waals surface area contributed by atoms with Gasteiger partial charge in [0, 0.05) is 22.3 Å². The highest BCUT2D eigenvalue weighted by Gasteiger charge is 2.35. The Hall–Kier alpha value is -3.57. The summed E-state index contributed by atoms with van der Waals surface area (Å²) in [7, 11) is 0. The SMILES string of the molecule is CC[C@H](C)[C@H](N)C(=O)OC[C@H]1CN(c2ccc3cc(-c4ccccc4C(F)(F)F)[nH]c(=O)c3c2)C(=O)O1.Cl. The van der Waals surface area contributed by atoms with Gasteiger partial charge < -0.3 is 20.2 Å². The topological polar surface area (TPSA) is 115 Å². The number of aromatic amines is 1. The highest BCUT2D eigenvalue weighted by atomic mass is 35.5. The van der Waals surface area contributed by atoms with Gasteiger partial charge in [-0.2, -0.15) is 13.2 Å². The Kier molecular flexibility index (Phi) is 8.73. The van der Waals surface area contributed by atoms with Crippen molar-refractivity contribution in [3.8, 4) is 11.3 Å². The smallest absolute Gasteiger partial charge is 0.417 e. The molecule has 38 heavy (non-hydrogen) atoms. The van der Waals surface area contributed by atoms with Crippen LogP contribution in [0.25, 0.3) is 22.0 Å². The number of aromatic nitrogens is 1. The molecule has 1 aliphatic heterocycles. The van der Waals surface area contributed by atoms with E-state index in [1.165, 1.54) is 35.2 Å². The van der Waals surface area contributed by atoms with Gasteiger partial charge >= 0.3 is 18.2 Å². The van der Waals surface area contributed by atoms with E-state index in [1.807, 2.05) is 13.8 Å². The molecule has 0 saturated carbocycles. The number of pyridine rings is 1. The summed E-state index contributed by atoms with van der Waals surface area (Å²) in [6.07, 6.45) is -5.29. The molecule has 1 aromatic heterocycles. The number of H-pyrrole nitrogens is 1. The van der Waals surface area contributed by atoms with Gasteiger partial charge in [-0.05, 0) is 35.6 Å². The number of nitrogens with two attached hydrogens (primary N) is 1. The molecule has 4 rings (SSSR count). The lowest BCUT2D eigenvalue weighted by molar-refractivity contribution is -0.148. The summed E-state index contributed by atoms with van der Waals surface area (Å²) in [6, 6.07) is 10.2. The molecular weight excluding hydrogens is 527 g/mol. The van der Waals surface area contributed by atoms with E-state index in [0.717, 1.165) is 6.07 Å². The molecule has 0 unspecified atom stereocenters. The number of rotatable bonds is 7. The summed E-state index contributed by atoms with van der Waals surface area (Å²) < 4.78 is 50.9. The number of amides is 1. The van der Waals surface area contributed by atoms with Crippen LogP contribution >= 0.6 is 12.4 Å². The predicted octanol–water partition coefficient (Wildman–Crippen LogP) is 4.88. The lowest BCUT2D eigenvalue weighted by atomic mass is 10.0. The van der Waals surface area contributed by atoms with E-state index in [-0.39, 0.29) is 48.1 Å². The first-order valence-electron chi connectivity index (χ1n) is 11.7. The lowest BCUT2D eigenvalue weighted by Gasteiger charge is -2.18. The highest BCUT2D eigenvalue weighted by molar-refractivity contribution is 5.95. The fourth-order valence-electron chi connectivity index (χ4n) is 4.10. The van der Waals surface area contributed by atoms with Crippen molar-refractivity contribution in [1.29, 1.82) is 0 Å². The van der Waals surface area contributed by atoms with Gasteiger partial charge in [0.25, 0.3) is 5.56 Å². The molecular formula is C26H27ClF3N3O5. The Bertz CT molecular complexity index is 1390. The molecule has 3 N–H and O–H groups in total. The Balaban J connectivity index is 0.00000400. The van der Waals surface area contributed by atoms with Crippen LogP contribution < -0.4 is 16.2 Å². The maximum Gasteiger partial charge on any atom is 0.417 e. The summed E-state index contributed by atoms with van der Waals surface area (Å²) in [6.45, 7) is 3.65. The number of carbonyl (C=O) groups excluding carboxylic acids is 2. The fraction of sp³-hybridized carbons (Fsp3) is 0.346. The minimum absolute atomic E-state index is 0. The number of ether oxygens (including phenoxy) is 2. The van der Waals surface area contributed by atoms with Crippen LogP contribution in [0.3, 0.4) is 0 Å². The Morgan fingerprint density at radius 2 is 1.92 bits per heavy atom. The van der Waals surface area contributed by atoms with Gasteiger partial charge in [-0.1, -0.05) is 44.5 Å². The van der Waals surface area contributed by atoms with Crippen molar-refractivity contribution in [1.82, 2.24) is 4.98 Å². The fourth-order valence-corrected chi connectivity index (χ4v) is 4.10. The second kappa shape index (κ2) is 11.4. The molecule has 2 aromatic carbocycles. The average molecular weight is 554 g/mol. The average Bonchev–Trinajstić information content (AvgIpc) is 3.25. The molecule has 0 bridgehead atoms. The predicted molar refractivity (Wildman–Crippen MR) is 138 cm³/mol. The van der Waals surface area contributed by atoms with E-state index >= 15 is 0 Å². The van der Waals surface area contributed by atoms with Crippen molar-refractivity contribution in [2.75, 3.05) is 18.1 Å². The minimum atomic E-state index is -4.59. The summed E-state index contributed by atoms with van der Waals surface area (Å²) in [5.41, 5.74) is 4.63. The molecule has 0 radical (unpaired) electrons. The first-order chi connectivity index (χ1) is 17.5. The number of fused-ring (bicyclic) bond motifs is 1. The van der Waals surface area contributed by atoms with Crippen LogP contribution in [-0.2, 0) is 20.4 Å². The molecule has 3 aromatic rings. The maximum atomic E-state index is 13.5. The zero-order chi connectivity index (χ0) is 26.9. The first-order valence-corrected chi connectivity index (χ1v) is 11.7. The normalized spacial score (nSPS) is 17.1. The number of nitrogens with zero attached hydrogens (tertiary/aromatic N) is 1. The molecule has 204 valence electrons. The van der Waals surface area contributed by atoms with Gasteiger partial charge in [0.2, 0.25) is 0 Å².